The molecule has 0 aromatic carbocycles. The lowest BCUT2D eigenvalue weighted by atomic mass is 10.3. The zero-order valence-electron chi connectivity index (χ0n) is 8.40. The molecule has 2 rings (SSSR count). The van der Waals surface area contributed by atoms with Gasteiger partial charge < -0.3 is 10.2 Å². The Morgan fingerprint density at radius 2 is 2.07 bits per heavy atom. The van der Waals surface area contributed by atoms with Crippen molar-refractivity contribution in [1.29, 1.82) is 10.8 Å². The summed E-state index contributed by atoms with van der Waals surface area (Å²) in [6.45, 7) is 3.74. The van der Waals surface area contributed by atoms with Gasteiger partial charge in [0.05, 0.1) is 0 Å². The Bertz CT molecular complexity index is 403. The van der Waals surface area contributed by atoms with E-state index >= 15 is 0 Å². The van der Waals surface area contributed by atoms with E-state index < -0.39 is 0 Å². The number of piperazine rings is 1. The topological polar surface area (TPSA) is 80.8 Å². The van der Waals surface area contributed by atoms with Gasteiger partial charge in [-0.2, -0.15) is 0 Å². The lowest BCUT2D eigenvalue weighted by Crippen LogP contribution is -2.44. The summed E-state index contributed by atoms with van der Waals surface area (Å²) >= 11 is 0. The van der Waals surface area contributed by atoms with Crippen LogP contribution in [0.1, 0.15) is 0 Å². The highest BCUT2D eigenvalue weighted by Gasteiger charge is 2.11. The Kier molecular flexibility index (Phi) is 2.77. The van der Waals surface area contributed by atoms with Gasteiger partial charge in [-0.05, 0) is 12.1 Å². The highest BCUT2D eigenvalue weighted by Crippen LogP contribution is 2.07. The van der Waals surface area contributed by atoms with Crippen molar-refractivity contribution in [2.45, 2.75) is 0 Å². The van der Waals surface area contributed by atoms with Crippen LogP contribution in [-0.4, -0.2) is 42.3 Å². The van der Waals surface area contributed by atoms with Crippen LogP contribution in [0.4, 0.5) is 5.82 Å². The molecule has 6 heteroatoms. The van der Waals surface area contributed by atoms with Crippen LogP contribution in [-0.2, 0) is 0 Å². The van der Waals surface area contributed by atoms with Gasteiger partial charge in [0.2, 0.25) is 0 Å². The zero-order valence-corrected chi connectivity index (χ0v) is 8.40. The molecular weight excluding hydrogens is 192 g/mol. The molecular formula is C9H14N6. The molecule has 1 aromatic heterocycles. The van der Waals surface area contributed by atoms with Crippen LogP contribution in [0.25, 0.3) is 0 Å². The Morgan fingerprint density at radius 1 is 1.33 bits per heavy atom. The third-order valence-electron chi connectivity index (χ3n) is 2.41. The van der Waals surface area contributed by atoms with E-state index in [1.54, 1.807) is 6.07 Å². The zero-order chi connectivity index (χ0) is 10.7. The summed E-state index contributed by atoms with van der Waals surface area (Å²) in [5, 5.41) is 22.1. The number of nitrogens with one attached hydrogen (secondary N) is 3. The fourth-order valence-electron chi connectivity index (χ4n) is 1.59. The molecule has 2 heterocycles. The fraction of sp³-hybridized carbons (Fsp3) is 0.444. The van der Waals surface area contributed by atoms with E-state index in [1.807, 2.05) is 6.07 Å². The monoisotopic (exact) mass is 206 g/mol. The lowest BCUT2D eigenvalue weighted by molar-refractivity contribution is 0.580. The molecule has 0 bridgehead atoms. The van der Waals surface area contributed by atoms with Crippen LogP contribution >= 0.6 is 0 Å². The number of anilines is 1. The van der Waals surface area contributed by atoms with Crippen molar-refractivity contribution in [2.24, 2.45) is 0 Å². The molecule has 0 spiro atoms. The maximum absolute atomic E-state index is 7.50. The SMILES string of the molecule is N=Cn1nc(N2CCNCC2)ccc1=N. The van der Waals surface area contributed by atoms with Crippen LogP contribution in [0.15, 0.2) is 12.1 Å². The molecule has 0 amide bonds. The number of aromatic nitrogens is 2. The Morgan fingerprint density at radius 3 is 2.73 bits per heavy atom. The van der Waals surface area contributed by atoms with Crippen molar-refractivity contribution in [3.63, 3.8) is 0 Å². The van der Waals surface area contributed by atoms with Crippen LogP contribution in [0.2, 0.25) is 0 Å². The summed E-state index contributed by atoms with van der Waals surface area (Å²) in [5.41, 5.74) is 0.226. The summed E-state index contributed by atoms with van der Waals surface area (Å²) < 4.78 is 1.26. The van der Waals surface area contributed by atoms with Gasteiger partial charge in [0.1, 0.15) is 17.6 Å². The number of hydrogen-bond acceptors (Lipinski definition) is 5. The minimum Gasteiger partial charge on any atom is -0.353 e. The summed E-state index contributed by atoms with van der Waals surface area (Å²) in [6, 6.07) is 3.49. The average molecular weight is 206 g/mol. The number of nitrogens with zero attached hydrogens (tertiary/aromatic N) is 3. The second kappa shape index (κ2) is 4.22. The number of hydrogen-bond donors (Lipinski definition) is 3. The first-order valence-corrected chi connectivity index (χ1v) is 4.92. The maximum atomic E-state index is 7.50. The van der Waals surface area contributed by atoms with Crippen LogP contribution in [0.5, 0.6) is 0 Å². The molecule has 80 valence electrons. The van der Waals surface area contributed by atoms with Gasteiger partial charge in [-0.1, -0.05) is 0 Å². The molecule has 0 aliphatic carbocycles. The van der Waals surface area contributed by atoms with E-state index in [0.717, 1.165) is 38.3 Å². The van der Waals surface area contributed by atoms with Crippen molar-refractivity contribution in [2.75, 3.05) is 31.1 Å². The molecule has 0 saturated carbocycles. The predicted octanol–water partition coefficient (Wildman–Crippen LogP) is -0.773. The molecule has 3 N–H and O–H groups in total. The van der Waals surface area contributed by atoms with E-state index in [2.05, 4.69) is 15.3 Å². The predicted molar refractivity (Wildman–Crippen MR) is 57.3 cm³/mol. The quantitative estimate of drug-likeness (QED) is 0.439. The summed E-state index contributed by atoms with van der Waals surface area (Å²) in [4.78, 5) is 2.15. The van der Waals surface area contributed by atoms with E-state index in [1.165, 1.54) is 4.68 Å². The van der Waals surface area contributed by atoms with Gasteiger partial charge in [-0.25, -0.2) is 4.68 Å². The second-order valence-corrected chi connectivity index (χ2v) is 3.39. The molecule has 0 atom stereocenters. The van der Waals surface area contributed by atoms with Gasteiger partial charge in [0, 0.05) is 26.2 Å². The summed E-state index contributed by atoms with van der Waals surface area (Å²) in [5.74, 6) is 0.830. The van der Waals surface area contributed by atoms with Gasteiger partial charge in [-0.3, -0.25) is 10.8 Å². The van der Waals surface area contributed by atoms with Crippen LogP contribution < -0.4 is 15.7 Å². The molecule has 1 aliphatic rings. The fourth-order valence-corrected chi connectivity index (χ4v) is 1.59. The minimum atomic E-state index is 0.226. The van der Waals surface area contributed by atoms with Gasteiger partial charge in [0.25, 0.3) is 0 Å². The highest BCUT2D eigenvalue weighted by atomic mass is 15.4. The molecule has 1 saturated heterocycles. The average Bonchev–Trinajstić information content (AvgIpc) is 2.31. The van der Waals surface area contributed by atoms with Crippen molar-refractivity contribution in [3.05, 3.63) is 17.6 Å². The highest BCUT2D eigenvalue weighted by molar-refractivity contribution is 5.53. The molecule has 1 aliphatic heterocycles. The van der Waals surface area contributed by atoms with Crippen LogP contribution in [0, 0.1) is 10.8 Å². The van der Waals surface area contributed by atoms with Crippen molar-refractivity contribution < 1.29 is 0 Å². The lowest BCUT2D eigenvalue weighted by Gasteiger charge is -2.28. The Hall–Kier alpha value is -1.69. The second-order valence-electron chi connectivity index (χ2n) is 3.39. The van der Waals surface area contributed by atoms with E-state index in [0.29, 0.717) is 0 Å². The van der Waals surface area contributed by atoms with E-state index in [9.17, 15) is 0 Å². The third-order valence-corrected chi connectivity index (χ3v) is 2.41. The molecule has 0 radical (unpaired) electrons. The first-order valence-electron chi connectivity index (χ1n) is 4.92. The summed E-state index contributed by atoms with van der Waals surface area (Å²) in [7, 11) is 0. The molecule has 15 heavy (non-hydrogen) atoms. The largest absolute Gasteiger partial charge is 0.353 e. The van der Waals surface area contributed by atoms with Crippen molar-refractivity contribution in [3.8, 4) is 0 Å². The van der Waals surface area contributed by atoms with Gasteiger partial charge in [0.15, 0.2) is 0 Å². The first-order chi connectivity index (χ1) is 7.31. The van der Waals surface area contributed by atoms with Crippen LogP contribution in [0.3, 0.4) is 0 Å². The standard InChI is InChI=1S/C9H14N6/c10-7-15-8(11)1-2-9(13-15)14-5-3-12-4-6-14/h1-2,7,10-12H,3-6H2. The third kappa shape index (κ3) is 2.04. The maximum Gasteiger partial charge on any atom is 0.149 e. The number of rotatable bonds is 2. The van der Waals surface area contributed by atoms with Gasteiger partial charge >= 0.3 is 0 Å². The molecule has 1 fully saturated rings. The molecule has 0 unspecified atom stereocenters. The Balaban J connectivity index is 2.27. The normalized spacial score (nSPS) is 16.4. The summed E-state index contributed by atoms with van der Waals surface area (Å²) in [6.07, 6.45) is 1.05. The molecule has 6 nitrogen and oxygen atoms in total. The van der Waals surface area contributed by atoms with Crippen molar-refractivity contribution >= 4 is 12.2 Å². The van der Waals surface area contributed by atoms with Crippen molar-refractivity contribution in [1.82, 2.24) is 15.1 Å². The molecule has 1 aromatic rings. The smallest absolute Gasteiger partial charge is 0.149 e. The van der Waals surface area contributed by atoms with E-state index in [4.69, 9.17) is 10.8 Å². The van der Waals surface area contributed by atoms with Gasteiger partial charge in [-0.15, -0.1) is 5.10 Å². The first kappa shape index (κ1) is 9.85. The Labute approximate surface area is 87.5 Å². The minimum absolute atomic E-state index is 0.226. The van der Waals surface area contributed by atoms with E-state index in [-0.39, 0.29) is 5.49 Å².